The minimum atomic E-state index is -1.03. The van der Waals surface area contributed by atoms with E-state index in [1.54, 1.807) is 25.1 Å². The predicted octanol–water partition coefficient (Wildman–Crippen LogP) is 3.11. The van der Waals surface area contributed by atoms with Crippen molar-refractivity contribution in [2.75, 3.05) is 13.4 Å². The van der Waals surface area contributed by atoms with Crippen LogP contribution in [0.4, 0.5) is 4.39 Å². The van der Waals surface area contributed by atoms with E-state index in [1.165, 1.54) is 31.2 Å². The molecule has 0 N–H and O–H groups in total. The van der Waals surface area contributed by atoms with E-state index in [9.17, 15) is 14.0 Å². The fourth-order valence-corrected chi connectivity index (χ4v) is 2.49. The van der Waals surface area contributed by atoms with Crippen LogP contribution in [0.1, 0.15) is 29.8 Å². The number of oxime groups is 1. The molecule has 1 aliphatic rings. The molecular weight excluding hydrogens is 369 g/mol. The molecule has 0 radical (unpaired) electrons. The summed E-state index contributed by atoms with van der Waals surface area (Å²) in [6.07, 6.45) is -1.03. The van der Waals surface area contributed by atoms with Gasteiger partial charge in [0, 0.05) is 11.1 Å². The third kappa shape index (κ3) is 4.64. The van der Waals surface area contributed by atoms with E-state index in [0.29, 0.717) is 17.2 Å². The summed E-state index contributed by atoms with van der Waals surface area (Å²) in [4.78, 5) is 29.0. The van der Waals surface area contributed by atoms with Gasteiger partial charge in [-0.25, -0.2) is 9.18 Å². The Bertz CT molecular complexity index is 909. The number of ether oxygens (including phenoxy) is 3. The molecule has 0 aromatic heterocycles. The van der Waals surface area contributed by atoms with Gasteiger partial charge in [0.1, 0.15) is 5.82 Å². The van der Waals surface area contributed by atoms with Crippen LogP contribution in [0.2, 0.25) is 0 Å². The van der Waals surface area contributed by atoms with Crippen LogP contribution in [-0.2, 0) is 14.4 Å². The maximum atomic E-state index is 12.9. The Hall–Kier alpha value is -3.42. The monoisotopic (exact) mass is 387 g/mol. The number of benzene rings is 2. The van der Waals surface area contributed by atoms with E-state index < -0.39 is 30.3 Å². The molecule has 146 valence electrons. The summed E-state index contributed by atoms with van der Waals surface area (Å²) < 4.78 is 28.5. The molecule has 0 saturated carbocycles. The van der Waals surface area contributed by atoms with E-state index in [4.69, 9.17) is 19.0 Å². The van der Waals surface area contributed by atoms with Gasteiger partial charge in [-0.2, -0.15) is 0 Å². The lowest BCUT2D eigenvalue weighted by atomic mass is 10.1. The van der Waals surface area contributed by atoms with Crippen molar-refractivity contribution < 1.29 is 33.0 Å². The van der Waals surface area contributed by atoms with Crippen LogP contribution >= 0.6 is 0 Å². The van der Waals surface area contributed by atoms with Gasteiger partial charge in [-0.1, -0.05) is 5.16 Å². The lowest BCUT2D eigenvalue weighted by Gasteiger charge is -2.12. The van der Waals surface area contributed by atoms with Crippen LogP contribution in [0, 0.1) is 5.82 Å². The fraction of sp³-hybridized carbons (Fsp3) is 0.250. The highest BCUT2D eigenvalue weighted by atomic mass is 19.1. The molecule has 2 aromatic rings. The van der Waals surface area contributed by atoms with Gasteiger partial charge in [-0.3, -0.25) is 4.79 Å². The van der Waals surface area contributed by atoms with E-state index in [2.05, 4.69) is 5.16 Å². The van der Waals surface area contributed by atoms with Gasteiger partial charge in [-0.15, -0.1) is 0 Å². The van der Waals surface area contributed by atoms with Crippen molar-refractivity contribution in [3.8, 4) is 11.5 Å². The van der Waals surface area contributed by atoms with E-state index >= 15 is 0 Å². The SMILES string of the molecule is C/C(=N/OCC(=O)OC(C)C(=O)c1ccc(F)cc1)c1ccc2c(c1)OCO2. The number of nitrogens with zero attached hydrogens (tertiary/aromatic N) is 1. The zero-order chi connectivity index (χ0) is 20.1. The fourth-order valence-electron chi connectivity index (χ4n) is 2.49. The van der Waals surface area contributed by atoms with Crippen LogP contribution in [0.25, 0.3) is 0 Å². The normalized spacial score (nSPS) is 13.8. The van der Waals surface area contributed by atoms with Crippen molar-refractivity contribution in [2.24, 2.45) is 5.16 Å². The molecule has 0 saturated heterocycles. The Morgan fingerprint density at radius 3 is 2.54 bits per heavy atom. The number of hydrogen-bond acceptors (Lipinski definition) is 7. The van der Waals surface area contributed by atoms with Crippen molar-refractivity contribution in [3.63, 3.8) is 0 Å². The Balaban J connectivity index is 1.50. The molecule has 7 nitrogen and oxygen atoms in total. The number of rotatable bonds is 7. The summed E-state index contributed by atoms with van der Waals surface area (Å²) in [6.45, 7) is 2.86. The number of fused-ring (bicyclic) bond motifs is 1. The number of halogens is 1. The largest absolute Gasteiger partial charge is 0.454 e. The average Bonchev–Trinajstić information content (AvgIpc) is 3.15. The summed E-state index contributed by atoms with van der Waals surface area (Å²) >= 11 is 0. The Morgan fingerprint density at radius 2 is 1.79 bits per heavy atom. The lowest BCUT2D eigenvalue weighted by molar-refractivity contribution is -0.151. The van der Waals surface area contributed by atoms with Crippen molar-refractivity contribution in [1.29, 1.82) is 0 Å². The molecule has 0 bridgehead atoms. The minimum Gasteiger partial charge on any atom is -0.454 e. The molecule has 0 amide bonds. The molecule has 1 heterocycles. The van der Waals surface area contributed by atoms with E-state index in [1.807, 2.05) is 0 Å². The summed E-state index contributed by atoms with van der Waals surface area (Å²) in [6, 6.07) is 10.3. The lowest BCUT2D eigenvalue weighted by Crippen LogP contribution is -2.26. The number of Topliss-reactive ketones (excluding diaryl/α,β-unsaturated/α-hetero) is 1. The standard InChI is InChI=1S/C20H18FNO6/c1-12(15-5-8-17-18(9-15)26-11-25-17)22-27-10-19(23)28-13(2)20(24)14-3-6-16(21)7-4-14/h3-9,13H,10-11H2,1-2H3/b22-12-. The van der Waals surface area contributed by atoms with Crippen LogP contribution in [0.3, 0.4) is 0 Å². The van der Waals surface area contributed by atoms with Crippen LogP contribution < -0.4 is 9.47 Å². The molecule has 0 aliphatic carbocycles. The van der Waals surface area contributed by atoms with Gasteiger partial charge in [-0.05, 0) is 56.3 Å². The number of hydrogen-bond donors (Lipinski definition) is 0. The zero-order valence-corrected chi connectivity index (χ0v) is 15.3. The second kappa shape index (κ2) is 8.51. The maximum Gasteiger partial charge on any atom is 0.347 e. The molecular formula is C20H18FNO6. The Morgan fingerprint density at radius 1 is 1.11 bits per heavy atom. The molecule has 8 heteroatoms. The third-order valence-electron chi connectivity index (χ3n) is 3.98. The molecule has 1 aliphatic heterocycles. The van der Waals surface area contributed by atoms with Crippen LogP contribution in [-0.4, -0.2) is 37.0 Å². The molecule has 1 unspecified atom stereocenters. The Kier molecular flexibility index (Phi) is 5.88. The summed E-state index contributed by atoms with van der Waals surface area (Å²) in [7, 11) is 0. The quantitative estimate of drug-likeness (QED) is 0.314. The van der Waals surface area contributed by atoms with Gasteiger partial charge < -0.3 is 19.0 Å². The predicted molar refractivity (Wildman–Crippen MR) is 97.0 cm³/mol. The maximum absolute atomic E-state index is 12.9. The van der Waals surface area contributed by atoms with Crippen molar-refractivity contribution >= 4 is 17.5 Å². The summed E-state index contributed by atoms with van der Waals surface area (Å²) in [5, 5.41) is 3.87. The van der Waals surface area contributed by atoms with Crippen LogP contribution in [0.15, 0.2) is 47.6 Å². The first-order chi connectivity index (χ1) is 13.4. The summed E-state index contributed by atoms with van der Waals surface area (Å²) in [5.74, 6) is -0.371. The second-order valence-corrected chi connectivity index (χ2v) is 6.02. The minimum absolute atomic E-state index is 0.173. The molecule has 1 atom stereocenters. The first kappa shape index (κ1) is 19.3. The highest BCUT2D eigenvalue weighted by Crippen LogP contribution is 2.32. The molecule has 3 rings (SSSR count). The van der Waals surface area contributed by atoms with Crippen LogP contribution in [0.5, 0.6) is 11.5 Å². The second-order valence-electron chi connectivity index (χ2n) is 6.02. The average molecular weight is 387 g/mol. The first-order valence-corrected chi connectivity index (χ1v) is 8.50. The Labute approximate surface area is 160 Å². The first-order valence-electron chi connectivity index (χ1n) is 8.50. The smallest absolute Gasteiger partial charge is 0.347 e. The van der Waals surface area contributed by atoms with Gasteiger partial charge in [0.15, 0.2) is 17.6 Å². The third-order valence-corrected chi connectivity index (χ3v) is 3.98. The number of carbonyl (C=O) groups is 2. The van der Waals surface area contributed by atoms with Gasteiger partial charge in [0.05, 0.1) is 5.71 Å². The zero-order valence-electron chi connectivity index (χ0n) is 15.3. The van der Waals surface area contributed by atoms with Gasteiger partial charge >= 0.3 is 5.97 Å². The van der Waals surface area contributed by atoms with Crippen molar-refractivity contribution in [2.45, 2.75) is 20.0 Å². The topological polar surface area (TPSA) is 83.4 Å². The molecule has 0 spiro atoms. The van der Waals surface area contributed by atoms with E-state index in [-0.39, 0.29) is 12.4 Å². The summed E-state index contributed by atoms with van der Waals surface area (Å²) in [5.41, 5.74) is 1.53. The van der Waals surface area contributed by atoms with Gasteiger partial charge in [0.25, 0.3) is 0 Å². The highest BCUT2D eigenvalue weighted by Gasteiger charge is 2.20. The number of esters is 1. The van der Waals surface area contributed by atoms with E-state index in [0.717, 1.165) is 5.56 Å². The molecule has 2 aromatic carbocycles. The van der Waals surface area contributed by atoms with Crippen molar-refractivity contribution in [3.05, 3.63) is 59.4 Å². The number of carbonyl (C=O) groups excluding carboxylic acids is 2. The molecule has 0 fully saturated rings. The molecule has 28 heavy (non-hydrogen) atoms. The number of ketones is 1. The van der Waals surface area contributed by atoms with Gasteiger partial charge in [0.2, 0.25) is 19.2 Å². The van der Waals surface area contributed by atoms with Crippen molar-refractivity contribution in [1.82, 2.24) is 0 Å². The highest BCUT2D eigenvalue weighted by molar-refractivity contribution is 6.00.